The Kier molecular flexibility index (Phi) is 5.07. The van der Waals surface area contributed by atoms with E-state index in [9.17, 15) is 5.11 Å². The van der Waals surface area contributed by atoms with E-state index in [0.717, 1.165) is 25.3 Å². The summed E-state index contributed by atoms with van der Waals surface area (Å²) in [5.74, 6) is 0.891. The van der Waals surface area contributed by atoms with E-state index in [1.807, 2.05) is 6.92 Å². The van der Waals surface area contributed by atoms with E-state index in [2.05, 4.69) is 19.2 Å². The zero-order valence-corrected chi connectivity index (χ0v) is 10.6. The molecule has 0 aromatic heterocycles. The van der Waals surface area contributed by atoms with Crippen molar-refractivity contribution in [3.05, 3.63) is 0 Å². The molecule has 2 atom stereocenters. The second kappa shape index (κ2) is 5.86. The van der Waals surface area contributed by atoms with Gasteiger partial charge in [0.1, 0.15) is 0 Å². The molecular weight excluding hydrogens is 186 g/mol. The Morgan fingerprint density at radius 2 is 2.00 bits per heavy atom. The molecule has 0 heterocycles. The molecule has 0 aliphatic heterocycles. The first-order valence-electron chi connectivity index (χ1n) is 6.55. The fourth-order valence-electron chi connectivity index (χ4n) is 2.29. The van der Waals surface area contributed by atoms with Crippen LogP contribution in [0.5, 0.6) is 0 Å². The Morgan fingerprint density at radius 3 is 2.47 bits per heavy atom. The maximum Gasteiger partial charge on any atom is 0.0743 e. The number of hydrogen-bond donors (Lipinski definition) is 2. The predicted molar refractivity (Wildman–Crippen MR) is 65.0 cm³/mol. The van der Waals surface area contributed by atoms with Crippen molar-refractivity contribution < 1.29 is 5.11 Å². The van der Waals surface area contributed by atoms with Crippen molar-refractivity contribution in [1.82, 2.24) is 5.32 Å². The van der Waals surface area contributed by atoms with Gasteiger partial charge in [-0.1, -0.05) is 26.7 Å². The summed E-state index contributed by atoms with van der Waals surface area (Å²) in [6.07, 6.45) is 7.21. The molecule has 2 unspecified atom stereocenters. The summed E-state index contributed by atoms with van der Waals surface area (Å²) in [5.41, 5.74) is -0.518. The SMILES string of the molecule is CCCC(NCC(C)(O)CCC)C1CC1. The van der Waals surface area contributed by atoms with Crippen molar-refractivity contribution >= 4 is 0 Å². The van der Waals surface area contributed by atoms with Gasteiger partial charge in [0.25, 0.3) is 0 Å². The van der Waals surface area contributed by atoms with Gasteiger partial charge in [0.15, 0.2) is 0 Å². The van der Waals surface area contributed by atoms with Crippen LogP contribution in [0.25, 0.3) is 0 Å². The molecule has 0 bridgehead atoms. The van der Waals surface area contributed by atoms with Gasteiger partial charge in [-0.05, 0) is 38.5 Å². The van der Waals surface area contributed by atoms with Crippen LogP contribution in [0.4, 0.5) is 0 Å². The van der Waals surface area contributed by atoms with Crippen LogP contribution in [0.15, 0.2) is 0 Å². The molecule has 0 amide bonds. The minimum atomic E-state index is -0.518. The first-order valence-corrected chi connectivity index (χ1v) is 6.55. The standard InChI is InChI=1S/C13H27NO/c1-4-6-12(11-7-8-11)14-10-13(3,15)9-5-2/h11-12,14-15H,4-10H2,1-3H3. The maximum absolute atomic E-state index is 10.1. The predicted octanol–water partition coefficient (Wildman–Crippen LogP) is 2.71. The van der Waals surface area contributed by atoms with E-state index >= 15 is 0 Å². The Balaban J connectivity index is 2.25. The summed E-state index contributed by atoms with van der Waals surface area (Å²) >= 11 is 0. The van der Waals surface area contributed by atoms with Crippen LogP contribution >= 0.6 is 0 Å². The largest absolute Gasteiger partial charge is 0.389 e. The number of nitrogens with one attached hydrogen (secondary N) is 1. The quantitative estimate of drug-likeness (QED) is 0.650. The molecule has 90 valence electrons. The van der Waals surface area contributed by atoms with Gasteiger partial charge in [-0.3, -0.25) is 0 Å². The molecule has 0 spiro atoms. The molecule has 0 radical (unpaired) electrons. The molecule has 0 aromatic carbocycles. The van der Waals surface area contributed by atoms with Crippen molar-refractivity contribution in [2.45, 2.75) is 70.9 Å². The Morgan fingerprint density at radius 1 is 1.33 bits per heavy atom. The van der Waals surface area contributed by atoms with Gasteiger partial charge in [-0.2, -0.15) is 0 Å². The third-order valence-electron chi connectivity index (χ3n) is 3.32. The van der Waals surface area contributed by atoms with Crippen molar-refractivity contribution in [2.75, 3.05) is 6.54 Å². The summed E-state index contributed by atoms with van der Waals surface area (Å²) in [6, 6.07) is 0.651. The molecule has 2 heteroatoms. The Labute approximate surface area is 94.5 Å². The van der Waals surface area contributed by atoms with E-state index in [1.165, 1.54) is 25.7 Å². The first-order chi connectivity index (χ1) is 7.09. The molecular formula is C13H27NO. The second-order valence-electron chi connectivity index (χ2n) is 5.36. The second-order valence-corrected chi connectivity index (χ2v) is 5.36. The lowest BCUT2D eigenvalue weighted by molar-refractivity contribution is 0.0460. The first kappa shape index (κ1) is 13.0. The molecule has 1 fully saturated rings. The third kappa shape index (κ3) is 4.98. The minimum Gasteiger partial charge on any atom is -0.389 e. The van der Waals surface area contributed by atoms with E-state index in [4.69, 9.17) is 0 Å². The third-order valence-corrected chi connectivity index (χ3v) is 3.32. The summed E-state index contributed by atoms with van der Waals surface area (Å²) < 4.78 is 0. The highest BCUT2D eigenvalue weighted by Gasteiger charge is 2.31. The average Bonchev–Trinajstić information content (AvgIpc) is 2.95. The highest BCUT2D eigenvalue weighted by molar-refractivity contribution is 4.88. The van der Waals surface area contributed by atoms with Crippen LogP contribution in [-0.2, 0) is 0 Å². The molecule has 0 aromatic rings. The molecule has 2 nitrogen and oxygen atoms in total. The summed E-state index contributed by atoms with van der Waals surface area (Å²) in [7, 11) is 0. The lowest BCUT2D eigenvalue weighted by Gasteiger charge is -2.27. The van der Waals surface area contributed by atoms with Crippen LogP contribution in [0.1, 0.15) is 59.3 Å². The van der Waals surface area contributed by atoms with Gasteiger partial charge in [-0.15, -0.1) is 0 Å². The topological polar surface area (TPSA) is 32.3 Å². The number of hydrogen-bond acceptors (Lipinski definition) is 2. The van der Waals surface area contributed by atoms with E-state index < -0.39 is 5.60 Å². The van der Waals surface area contributed by atoms with Gasteiger partial charge in [0.05, 0.1) is 5.60 Å². The van der Waals surface area contributed by atoms with Gasteiger partial charge in [0.2, 0.25) is 0 Å². The fourth-order valence-corrected chi connectivity index (χ4v) is 2.29. The van der Waals surface area contributed by atoms with Crippen LogP contribution in [-0.4, -0.2) is 23.3 Å². The highest BCUT2D eigenvalue weighted by Crippen LogP contribution is 2.34. The average molecular weight is 213 g/mol. The zero-order chi connectivity index (χ0) is 11.3. The molecule has 1 aliphatic carbocycles. The van der Waals surface area contributed by atoms with Gasteiger partial charge in [-0.25, -0.2) is 0 Å². The van der Waals surface area contributed by atoms with Crippen molar-refractivity contribution in [3.63, 3.8) is 0 Å². The van der Waals surface area contributed by atoms with Gasteiger partial charge in [0, 0.05) is 12.6 Å². The number of aliphatic hydroxyl groups is 1. The fraction of sp³-hybridized carbons (Fsp3) is 1.00. The zero-order valence-electron chi connectivity index (χ0n) is 10.6. The Hall–Kier alpha value is -0.0800. The van der Waals surface area contributed by atoms with Crippen LogP contribution in [0, 0.1) is 5.92 Å². The normalized spacial score (nSPS) is 22.4. The van der Waals surface area contributed by atoms with Crippen LogP contribution in [0.3, 0.4) is 0 Å². The monoisotopic (exact) mass is 213 g/mol. The van der Waals surface area contributed by atoms with Gasteiger partial charge < -0.3 is 10.4 Å². The van der Waals surface area contributed by atoms with Crippen molar-refractivity contribution in [1.29, 1.82) is 0 Å². The highest BCUT2D eigenvalue weighted by atomic mass is 16.3. The van der Waals surface area contributed by atoms with E-state index in [-0.39, 0.29) is 0 Å². The van der Waals surface area contributed by atoms with Crippen molar-refractivity contribution in [2.24, 2.45) is 5.92 Å². The van der Waals surface area contributed by atoms with E-state index in [0.29, 0.717) is 6.04 Å². The van der Waals surface area contributed by atoms with Gasteiger partial charge >= 0.3 is 0 Å². The summed E-state index contributed by atoms with van der Waals surface area (Å²) in [4.78, 5) is 0. The molecule has 1 saturated carbocycles. The van der Waals surface area contributed by atoms with E-state index in [1.54, 1.807) is 0 Å². The maximum atomic E-state index is 10.1. The molecule has 15 heavy (non-hydrogen) atoms. The van der Waals surface area contributed by atoms with Crippen LogP contribution in [0.2, 0.25) is 0 Å². The molecule has 2 N–H and O–H groups in total. The summed E-state index contributed by atoms with van der Waals surface area (Å²) in [6.45, 7) is 7.06. The molecule has 1 aliphatic rings. The molecule has 1 rings (SSSR count). The Bertz CT molecular complexity index is 175. The van der Waals surface area contributed by atoms with Crippen LogP contribution < -0.4 is 5.32 Å². The molecule has 0 saturated heterocycles. The smallest absolute Gasteiger partial charge is 0.0743 e. The lowest BCUT2D eigenvalue weighted by Crippen LogP contribution is -2.43. The lowest BCUT2D eigenvalue weighted by atomic mass is 9.99. The minimum absolute atomic E-state index is 0.518. The summed E-state index contributed by atoms with van der Waals surface area (Å²) in [5, 5.41) is 13.6. The number of rotatable bonds is 8. The van der Waals surface area contributed by atoms with Crippen molar-refractivity contribution in [3.8, 4) is 0 Å².